The molecular formula is C19H20N2O5. The topological polar surface area (TPSA) is 99.4 Å². The maximum absolute atomic E-state index is 12.1. The lowest BCUT2D eigenvalue weighted by atomic mass is 10.1. The Labute approximate surface area is 151 Å². The number of esters is 1. The second-order valence-electron chi connectivity index (χ2n) is 5.73. The zero-order valence-corrected chi connectivity index (χ0v) is 14.4. The van der Waals surface area contributed by atoms with Gasteiger partial charge in [0.15, 0.2) is 24.8 Å². The third-order valence-corrected chi connectivity index (χ3v) is 3.66. The van der Waals surface area contributed by atoms with E-state index < -0.39 is 5.97 Å². The Kier molecular flexibility index (Phi) is 6.84. The largest absolute Gasteiger partial charge is 0.619 e. The number of ether oxygens (including phenoxy) is 1. The average Bonchev–Trinajstić information content (AvgIpc) is 2.64. The maximum atomic E-state index is 12.1. The molecule has 7 nitrogen and oxygen atoms in total. The first-order valence-corrected chi connectivity index (χ1v) is 8.18. The Morgan fingerprint density at radius 2 is 1.69 bits per heavy atom. The summed E-state index contributed by atoms with van der Waals surface area (Å²) < 4.78 is 5.53. The van der Waals surface area contributed by atoms with E-state index in [-0.39, 0.29) is 23.9 Å². The van der Waals surface area contributed by atoms with E-state index in [1.54, 1.807) is 12.1 Å². The summed E-state index contributed by atoms with van der Waals surface area (Å²) in [6, 6.07) is 9.71. The Morgan fingerprint density at radius 3 is 2.31 bits per heavy atom. The minimum atomic E-state index is -0.659. The molecular weight excluding hydrogens is 336 g/mol. The summed E-state index contributed by atoms with van der Waals surface area (Å²) in [4.78, 5) is 34.7. The van der Waals surface area contributed by atoms with Crippen molar-refractivity contribution in [1.29, 1.82) is 0 Å². The van der Waals surface area contributed by atoms with Gasteiger partial charge in [-0.25, -0.2) is 4.79 Å². The van der Waals surface area contributed by atoms with E-state index in [9.17, 15) is 19.6 Å². The smallest absolute Gasteiger partial charge is 0.339 e. The fraction of sp³-hybridized carbons (Fsp3) is 0.263. The molecule has 1 N–H and O–H groups in total. The molecule has 0 aliphatic heterocycles. The van der Waals surface area contributed by atoms with Crippen LogP contribution in [0.5, 0.6) is 0 Å². The molecule has 1 aromatic heterocycles. The van der Waals surface area contributed by atoms with Crippen molar-refractivity contribution in [2.24, 2.45) is 0 Å². The van der Waals surface area contributed by atoms with Gasteiger partial charge in [0.1, 0.15) is 0 Å². The Balaban J connectivity index is 1.81. The van der Waals surface area contributed by atoms with E-state index in [2.05, 4.69) is 5.32 Å². The third-order valence-electron chi connectivity index (χ3n) is 3.66. The normalized spacial score (nSPS) is 10.2. The molecule has 0 saturated heterocycles. The lowest BCUT2D eigenvalue weighted by Crippen LogP contribution is -2.24. The molecule has 0 aliphatic rings. The van der Waals surface area contributed by atoms with Gasteiger partial charge in [0.2, 0.25) is 5.91 Å². The maximum Gasteiger partial charge on any atom is 0.339 e. The molecule has 0 aliphatic carbocycles. The third kappa shape index (κ3) is 6.01. The fourth-order valence-electron chi connectivity index (χ4n) is 2.26. The number of hydrogen-bond acceptors (Lipinski definition) is 5. The highest BCUT2D eigenvalue weighted by molar-refractivity contribution is 5.99. The summed E-state index contributed by atoms with van der Waals surface area (Å²) in [5, 5.41) is 13.7. The van der Waals surface area contributed by atoms with Gasteiger partial charge in [-0.1, -0.05) is 24.3 Å². The molecule has 1 heterocycles. The second kappa shape index (κ2) is 9.31. The number of aryl methyl sites for hydroxylation is 1. The summed E-state index contributed by atoms with van der Waals surface area (Å²) in [6.07, 6.45) is 3.97. The van der Waals surface area contributed by atoms with Crippen LogP contribution in [0.3, 0.4) is 0 Å². The van der Waals surface area contributed by atoms with Crippen molar-refractivity contribution >= 4 is 17.7 Å². The number of benzene rings is 1. The molecule has 0 spiro atoms. The first-order valence-electron chi connectivity index (χ1n) is 8.18. The van der Waals surface area contributed by atoms with Crippen LogP contribution in [0.15, 0.2) is 48.8 Å². The van der Waals surface area contributed by atoms with Crippen LogP contribution < -0.4 is 10.0 Å². The van der Waals surface area contributed by atoms with Crippen molar-refractivity contribution in [3.8, 4) is 0 Å². The van der Waals surface area contributed by atoms with Crippen LogP contribution in [0.2, 0.25) is 0 Å². The van der Waals surface area contributed by atoms with E-state index in [0.717, 1.165) is 18.4 Å². The summed E-state index contributed by atoms with van der Waals surface area (Å²) in [6.45, 7) is 1.72. The number of ketones is 1. The summed E-state index contributed by atoms with van der Waals surface area (Å²) in [7, 11) is 0. The number of hydrogen-bond donors (Lipinski definition) is 1. The van der Waals surface area contributed by atoms with Gasteiger partial charge in [0.05, 0.1) is 5.56 Å². The summed E-state index contributed by atoms with van der Waals surface area (Å²) >= 11 is 0. The quantitative estimate of drug-likeness (QED) is 0.254. The highest BCUT2D eigenvalue weighted by Crippen LogP contribution is 2.08. The second-order valence-corrected chi connectivity index (χ2v) is 5.73. The van der Waals surface area contributed by atoms with E-state index in [1.807, 2.05) is 12.1 Å². The van der Waals surface area contributed by atoms with E-state index in [1.165, 1.54) is 31.5 Å². The number of carbonyl (C=O) groups is 3. The Bertz CT molecular complexity index is 770. The highest BCUT2D eigenvalue weighted by atomic mass is 16.5. The molecule has 0 fully saturated rings. The zero-order valence-electron chi connectivity index (χ0n) is 14.4. The summed E-state index contributed by atoms with van der Waals surface area (Å²) in [5.74, 6) is -1.02. The molecule has 136 valence electrons. The molecule has 0 atom stereocenters. The number of pyridine rings is 1. The molecule has 2 rings (SSSR count). The fourth-order valence-corrected chi connectivity index (χ4v) is 2.26. The molecule has 2 aromatic rings. The Hall–Kier alpha value is -3.22. The van der Waals surface area contributed by atoms with E-state index in [4.69, 9.17) is 4.74 Å². The van der Waals surface area contributed by atoms with E-state index >= 15 is 0 Å². The number of nitrogens with one attached hydrogen (secondary N) is 1. The predicted molar refractivity (Wildman–Crippen MR) is 93.5 cm³/mol. The van der Waals surface area contributed by atoms with Crippen LogP contribution in [0, 0.1) is 5.21 Å². The zero-order chi connectivity index (χ0) is 18.9. The van der Waals surface area contributed by atoms with Crippen molar-refractivity contribution in [2.75, 3.05) is 13.2 Å². The molecule has 26 heavy (non-hydrogen) atoms. The molecule has 1 amide bonds. The molecule has 0 radical (unpaired) electrons. The lowest BCUT2D eigenvalue weighted by Gasteiger charge is -2.06. The van der Waals surface area contributed by atoms with Crippen LogP contribution in [0.1, 0.15) is 39.6 Å². The molecule has 0 saturated carbocycles. The first-order chi connectivity index (χ1) is 12.5. The van der Waals surface area contributed by atoms with Gasteiger partial charge in [-0.3, -0.25) is 9.59 Å². The summed E-state index contributed by atoms with van der Waals surface area (Å²) in [5.41, 5.74) is 1.72. The van der Waals surface area contributed by atoms with Gasteiger partial charge < -0.3 is 15.3 Å². The number of amides is 1. The number of nitrogens with zero attached hydrogens (tertiary/aromatic N) is 1. The van der Waals surface area contributed by atoms with Crippen molar-refractivity contribution in [3.63, 3.8) is 0 Å². The molecule has 0 unspecified atom stereocenters. The average molecular weight is 356 g/mol. The van der Waals surface area contributed by atoms with Gasteiger partial charge in [0, 0.05) is 31.2 Å². The Morgan fingerprint density at radius 1 is 1.04 bits per heavy atom. The minimum absolute atomic E-state index is 0.0526. The van der Waals surface area contributed by atoms with Gasteiger partial charge in [-0.05, 0) is 18.4 Å². The first kappa shape index (κ1) is 19.1. The van der Waals surface area contributed by atoms with Crippen LogP contribution in [0.4, 0.5) is 0 Å². The van der Waals surface area contributed by atoms with Gasteiger partial charge in [-0.15, -0.1) is 0 Å². The monoisotopic (exact) mass is 356 g/mol. The molecule has 0 bridgehead atoms. The van der Waals surface area contributed by atoms with Crippen LogP contribution in [0.25, 0.3) is 0 Å². The number of Topliss-reactive ketones (excluding diaryl/α,β-unsaturated/α-hetero) is 1. The van der Waals surface area contributed by atoms with Gasteiger partial charge >= 0.3 is 5.97 Å². The number of carbonyl (C=O) groups excluding carboxylic acids is 3. The number of aromatic nitrogens is 1. The lowest BCUT2D eigenvalue weighted by molar-refractivity contribution is -0.605. The van der Waals surface area contributed by atoms with E-state index in [0.29, 0.717) is 16.8 Å². The SMILES string of the molecule is CC(=O)NCCCc1ccc(C(=O)COC(=O)c2cc[n+]([O-])cc2)cc1. The minimum Gasteiger partial charge on any atom is -0.619 e. The van der Waals surface area contributed by atoms with Crippen molar-refractivity contribution in [3.05, 3.63) is 70.7 Å². The molecule has 7 heteroatoms. The van der Waals surface area contributed by atoms with Crippen molar-refractivity contribution in [1.82, 2.24) is 5.32 Å². The predicted octanol–water partition coefficient (Wildman–Crippen LogP) is 1.43. The molecule has 1 aromatic carbocycles. The van der Waals surface area contributed by atoms with Crippen LogP contribution in [-0.2, 0) is 16.0 Å². The van der Waals surface area contributed by atoms with Crippen LogP contribution in [-0.4, -0.2) is 30.8 Å². The van der Waals surface area contributed by atoms with Crippen molar-refractivity contribution in [2.45, 2.75) is 19.8 Å². The van der Waals surface area contributed by atoms with Crippen molar-refractivity contribution < 1.29 is 23.9 Å². The van der Waals surface area contributed by atoms with Gasteiger partial charge in [-0.2, -0.15) is 4.73 Å². The highest BCUT2D eigenvalue weighted by Gasteiger charge is 2.12. The van der Waals surface area contributed by atoms with Crippen LogP contribution >= 0.6 is 0 Å². The number of rotatable bonds is 8. The van der Waals surface area contributed by atoms with Gasteiger partial charge in [0.25, 0.3) is 0 Å². The standard InChI is InChI=1S/C19H20N2O5/c1-14(22)20-10-2-3-15-4-6-16(7-5-15)18(23)13-26-19(24)17-8-11-21(25)12-9-17/h4-9,11-12H,2-3,10,13H2,1H3,(H,20,22).